The van der Waals surface area contributed by atoms with E-state index in [0.717, 1.165) is 21.8 Å². The van der Waals surface area contributed by atoms with E-state index in [2.05, 4.69) is 109 Å². The number of ether oxygens (including phenoxy) is 1. The average Bonchev–Trinajstić information content (AvgIpc) is 2.51. The molecule has 0 saturated carbocycles. The molecule has 0 aliphatic rings. The minimum Gasteiger partial charge on any atom is -0.487 e. The van der Waals surface area contributed by atoms with Crippen LogP contribution < -0.4 is 4.74 Å². The normalized spacial score (nSPS) is 11.5. The maximum atomic E-state index is 6.36. The first kappa shape index (κ1) is 19.6. The van der Waals surface area contributed by atoms with Crippen LogP contribution in [0.15, 0.2) is 59.5 Å². The standard InChI is InChI=1S/C25H28OS/c1-16-9-17(2)11-20(10-16)19-7-8-23(24(15-19)26-25(4,5)6)21-12-18(3)13-22(27)14-21/h7-15,27H,1-6H3. The van der Waals surface area contributed by atoms with Crippen LogP contribution in [-0.4, -0.2) is 5.60 Å². The van der Waals surface area contributed by atoms with Crippen LogP contribution in [0.2, 0.25) is 0 Å². The Morgan fingerprint density at radius 2 is 1.26 bits per heavy atom. The molecular formula is C25H28OS. The van der Waals surface area contributed by atoms with Crippen molar-refractivity contribution in [2.45, 2.75) is 52.0 Å². The van der Waals surface area contributed by atoms with Gasteiger partial charge in [-0.15, -0.1) is 12.6 Å². The smallest absolute Gasteiger partial charge is 0.128 e. The van der Waals surface area contributed by atoms with Crippen LogP contribution in [0, 0.1) is 20.8 Å². The Kier molecular flexibility index (Phi) is 5.39. The van der Waals surface area contributed by atoms with Gasteiger partial charge in [-0.2, -0.15) is 0 Å². The summed E-state index contributed by atoms with van der Waals surface area (Å²) in [4.78, 5) is 0.963. The molecule has 0 fully saturated rings. The molecule has 0 aliphatic heterocycles. The molecule has 3 aromatic carbocycles. The molecular weight excluding hydrogens is 348 g/mol. The number of rotatable bonds is 3. The average molecular weight is 377 g/mol. The summed E-state index contributed by atoms with van der Waals surface area (Å²) in [6, 6.07) is 19.5. The summed E-state index contributed by atoms with van der Waals surface area (Å²) in [5, 5.41) is 0. The fourth-order valence-electron chi connectivity index (χ4n) is 3.41. The van der Waals surface area contributed by atoms with E-state index < -0.39 is 0 Å². The predicted octanol–water partition coefficient (Wildman–Crippen LogP) is 7.41. The van der Waals surface area contributed by atoms with Crippen molar-refractivity contribution < 1.29 is 4.74 Å². The van der Waals surface area contributed by atoms with Crippen LogP contribution >= 0.6 is 12.6 Å². The van der Waals surface area contributed by atoms with Gasteiger partial charge in [-0.25, -0.2) is 0 Å². The van der Waals surface area contributed by atoms with Gasteiger partial charge in [0.1, 0.15) is 11.4 Å². The highest BCUT2D eigenvalue weighted by Crippen LogP contribution is 2.37. The Labute approximate surface area is 168 Å². The van der Waals surface area contributed by atoms with Crippen LogP contribution in [0.25, 0.3) is 22.3 Å². The van der Waals surface area contributed by atoms with Crippen LogP contribution in [-0.2, 0) is 0 Å². The van der Waals surface area contributed by atoms with E-state index in [1.165, 1.54) is 27.8 Å². The number of thiol groups is 1. The fourth-order valence-corrected chi connectivity index (χ4v) is 3.76. The zero-order chi connectivity index (χ0) is 19.8. The van der Waals surface area contributed by atoms with Crippen molar-refractivity contribution in [2.24, 2.45) is 0 Å². The molecule has 27 heavy (non-hydrogen) atoms. The lowest BCUT2D eigenvalue weighted by Gasteiger charge is -2.24. The van der Waals surface area contributed by atoms with Gasteiger partial charge in [0, 0.05) is 10.5 Å². The SMILES string of the molecule is Cc1cc(C)cc(-c2ccc(-c3cc(C)cc(S)c3)c(OC(C)(C)C)c2)c1. The quantitative estimate of drug-likeness (QED) is 0.468. The molecule has 0 saturated heterocycles. The summed E-state index contributed by atoms with van der Waals surface area (Å²) in [5.41, 5.74) is 8.07. The van der Waals surface area contributed by atoms with Gasteiger partial charge >= 0.3 is 0 Å². The Morgan fingerprint density at radius 3 is 1.85 bits per heavy atom. The molecule has 3 aromatic rings. The third-order valence-electron chi connectivity index (χ3n) is 4.33. The van der Waals surface area contributed by atoms with Gasteiger partial charge in [-0.05, 0) is 82.0 Å². The van der Waals surface area contributed by atoms with Crippen LogP contribution in [0.3, 0.4) is 0 Å². The van der Waals surface area contributed by atoms with Gasteiger partial charge in [0.25, 0.3) is 0 Å². The molecule has 140 valence electrons. The maximum Gasteiger partial charge on any atom is 0.128 e. The molecule has 3 rings (SSSR count). The first-order chi connectivity index (χ1) is 12.6. The van der Waals surface area contributed by atoms with E-state index in [4.69, 9.17) is 4.74 Å². The van der Waals surface area contributed by atoms with Crippen molar-refractivity contribution in [3.05, 3.63) is 71.3 Å². The van der Waals surface area contributed by atoms with Gasteiger partial charge in [0.15, 0.2) is 0 Å². The summed E-state index contributed by atoms with van der Waals surface area (Å²) in [7, 11) is 0. The summed E-state index contributed by atoms with van der Waals surface area (Å²) in [5.74, 6) is 0.900. The Bertz CT molecular complexity index is 940. The van der Waals surface area contributed by atoms with Crippen molar-refractivity contribution in [3.63, 3.8) is 0 Å². The van der Waals surface area contributed by atoms with Gasteiger partial charge in [0.05, 0.1) is 0 Å². The third-order valence-corrected chi connectivity index (χ3v) is 4.58. The molecule has 0 N–H and O–H groups in total. The molecule has 2 heteroatoms. The van der Waals surface area contributed by atoms with Gasteiger partial charge in [-0.3, -0.25) is 0 Å². The van der Waals surface area contributed by atoms with Gasteiger partial charge < -0.3 is 4.74 Å². The molecule has 1 nitrogen and oxygen atoms in total. The Morgan fingerprint density at radius 1 is 0.667 bits per heavy atom. The summed E-state index contributed by atoms with van der Waals surface area (Å²) >= 11 is 4.55. The fraction of sp³-hybridized carbons (Fsp3) is 0.280. The maximum absolute atomic E-state index is 6.36. The molecule has 0 spiro atoms. The molecule has 0 unspecified atom stereocenters. The number of hydrogen-bond acceptors (Lipinski definition) is 2. The second kappa shape index (κ2) is 7.44. The number of benzene rings is 3. The first-order valence-electron chi connectivity index (χ1n) is 9.33. The lowest BCUT2D eigenvalue weighted by Crippen LogP contribution is -2.23. The third kappa shape index (κ3) is 4.95. The summed E-state index contributed by atoms with van der Waals surface area (Å²) in [6.07, 6.45) is 0. The second-order valence-electron chi connectivity index (χ2n) is 8.36. The lowest BCUT2D eigenvalue weighted by molar-refractivity contribution is 0.132. The molecule has 0 aliphatic carbocycles. The topological polar surface area (TPSA) is 9.23 Å². The highest BCUT2D eigenvalue weighted by Gasteiger charge is 2.17. The number of hydrogen-bond donors (Lipinski definition) is 1. The van der Waals surface area contributed by atoms with E-state index in [0.29, 0.717) is 0 Å². The minimum atomic E-state index is -0.274. The largest absolute Gasteiger partial charge is 0.487 e. The van der Waals surface area contributed by atoms with Gasteiger partial charge in [-0.1, -0.05) is 47.5 Å². The van der Waals surface area contributed by atoms with Gasteiger partial charge in [0.2, 0.25) is 0 Å². The van der Waals surface area contributed by atoms with E-state index in [1.807, 2.05) is 0 Å². The van der Waals surface area contributed by atoms with Crippen molar-refractivity contribution in [1.29, 1.82) is 0 Å². The minimum absolute atomic E-state index is 0.274. The predicted molar refractivity (Wildman–Crippen MR) is 119 cm³/mol. The van der Waals surface area contributed by atoms with E-state index in [1.54, 1.807) is 0 Å². The van der Waals surface area contributed by atoms with Crippen molar-refractivity contribution >= 4 is 12.6 Å². The van der Waals surface area contributed by atoms with E-state index in [9.17, 15) is 0 Å². The van der Waals surface area contributed by atoms with Crippen LogP contribution in [0.4, 0.5) is 0 Å². The Hall–Kier alpha value is -2.19. The van der Waals surface area contributed by atoms with E-state index >= 15 is 0 Å². The summed E-state index contributed by atoms with van der Waals surface area (Å²) in [6.45, 7) is 12.6. The van der Waals surface area contributed by atoms with Crippen LogP contribution in [0.1, 0.15) is 37.5 Å². The zero-order valence-corrected chi connectivity index (χ0v) is 17.9. The molecule has 0 atom stereocenters. The second-order valence-corrected chi connectivity index (χ2v) is 8.88. The van der Waals surface area contributed by atoms with Crippen molar-refractivity contribution in [1.82, 2.24) is 0 Å². The molecule has 0 amide bonds. The van der Waals surface area contributed by atoms with Crippen molar-refractivity contribution in [3.8, 4) is 28.0 Å². The van der Waals surface area contributed by atoms with E-state index in [-0.39, 0.29) is 5.60 Å². The summed E-state index contributed by atoms with van der Waals surface area (Å²) < 4.78 is 6.36. The molecule has 0 heterocycles. The molecule has 0 radical (unpaired) electrons. The molecule has 0 aromatic heterocycles. The zero-order valence-electron chi connectivity index (χ0n) is 17.1. The van der Waals surface area contributed by atoms with Crippen LogP contribution in [0.5, 0.6) is 5.75 Å². The molecule has 0 bridgehead atoms. The highest BCUT2D eigenvalue weighted by molar-refractivity contribution is 7.80. The number of aryl methyl sites for hydroxylation is 3. The highest BCUT2D eigenvalue weighted by atomic mass is 32.1. The Balaban J connectivity index is 2.16. The van der Waals surface area contributed by atoms with Crippen molar-refractivity contribution in [2.75, 3.05) is 0 Å². The monoisotopic (exact) mass is 376 g/mol. The first-order valence-corrected chi connectivity index (χ1v) is 9.78. The lowest BCUT2D eigenvalue weighted by atomic mass is 9.96.